The van der Waals surface area contributed by atoms with E-state index >= 15 is 0 Å². The molecule has 1 fully saturated rings. The van der Waals surface area contributed by atoms with Crippen LogP contribution in [0.2, 0.25) is 0 Å². The molecule has 0 aromatic rings. The second kappa shape index (κ2) is 4.41. The van der Waals surface area contributed by atoms with E-state index in [-0.39, 0.29) is 0 Å². The Kier molecular flexibility index (Phi) is 3.74. The SMILES string of the molecule is CC[C@@H](Cl)C(=O)N1CC(OC)(C(F)(F)F)C1. The van der Waals surface area contributed by atoms with E-state index in [1.165, 1.54) is 0 Å². The number of methoxy groups -OCH3 is 1. The first-order chi connectivity index (χ1) is 7.27. The Morgan fingerprint density at radius 1 is 1.56 bits per heavy atom. The molecule has 1 heterocycles. The van der Waals surface area contributed by atoms with Gasteiger partial charge in [-0.05, 0) is 6.42 Å². The van der Waals surface area contributed by atoms with Crippen molar-refractivity contribution < 1.29 is 22.7 Å². The first-order valence-corrected chi connectivity index (χ1v) is 5.26. The zero-order valence-corrected chi connectivity index (χ0v) is 9.73. The fraction of sp³-hybridized carbons (Fsp3) is 0.889. The zero-order valence-electron chi connectivity index (χ0n) is 8.97. The monoisotopic (exact) mass is 259 g/mol. The van der Waals surface area contributed by atoms with Crippen LogP contribution in [-0.4, -0.2) is 48.2 Å². The second-order valence-electron chi connectivity index (χ2n) is 3.77. The highest BCUT2D eigenvalue weighted by atomic mass is 35.5. The van der Waals surface area contributed by atoms with Gasteiger partial charge in [0, 0.05) is 7.11 Å². The molecule has 0 aromatic carbocycles. The number of alkyl halides is 4. The van der Waals surface area contributed by atoms with Crippen molar-refractivity contribution >= 4 is 17.5 Å². The highest BCUT2D eigenvalue weighted by Gasteiger charge is 2.63. The minimum atomic E-state index is -4.47. The summed E-state index contributed by atoms with van der Waals surface area (Å²) >= 11 is 5.66. The number of carbonyl (C=O) groups excluding carboxylic acids is 1. The smallest absolute Gasteiger partial charge is 0.365 e. The quantitative estimate of drug-likeness (QED) is 0.724. The van der Waals surface area contributed by atoms with Crippen LogP contribution in [0.1, 0.15) is 13.3 Å². The third-order valence-corrected chi connectivity index (χ3v) is 3.23. The lowest BCUT2D eigenvalue weighted by molar-refractivity contribution is -0.306. The maximum absolute atomic E-state index is 12.6. The summed E-state index contributed by atoms with van der Waals surface area (Å²) < 4.78 is 42.2. The van der Waals surface area contributed by atoms with E-state index in [0.29, 0.717) is 6.42 Å². The highest BCUT2D eigenvalue weighted by Crippen LogP contribution is 2.40. The Morgan fingerprint density at radius 2 is 2.06 bits per heavy atom. The van der Waals surface area contributed by atoms with Crippen LogP contribution in [-0.2, 0) is 9.53 Å². The van der Waals surface area contributed by atoms with Gasteiger partial charge < -0.3 is 9.64 Å². The van der Waals surface area contributed by atoms with Crippen LogP contribution in [0.4, 0.5) is 13.2 Å². The largest absolute Gasteiger partial charge is 0.420 e. The fourth-order valence-electron chi connectivity index (χ4n) is 1.52. The first kappa shape index (κ1) is 13.6. The molecule has 1 aliphatic rings. The molecule has 0 radical (unpaired) electrons. The van der Waals surface area contributed by atoms with Gasteiger partial charge in [0.2, 0.25) is 5.91 Å². The minimum Gasteiger partial charge on any atom is -0.365 e. The van der Waals surface area contributed by atoms with E-state index in [2.05, 4.69) is 4.74 Å². The maximum atomic E-state index is 12.6. The first-order valence-electron chi connectivity index (χ1n) is 4.82. The van der Waals surface area contributed by atoms with E-state index in [0.717, 1.165) is 12.0 Å². The van der Waals surface area contributed by atoms with Gasteiger partial charge in [-0.15, -0.1) is 11.6 Å². The van der Waals surface area contributed by atoms with Crippen molar-refractivity contribution in [3.8, 4) is 0 Å². The number of hydrogen-bond donors (Lipinski definition) is 0. The summed E-state index contributed by atoms with van der Waals surface area (Å²) in [6.45, 7) is 0.743. The van der Waals surface area contributed by atoms with Crippen molar-refractivity contribution in [2.24, 2.45) is 0 Å². The average molecular weight is 260 g/mol. The molecule has 0 unspecified atom stereocenters. The topological polar surface area (TPSA) is 29.5 Å². The Bertz CT molecular complexity index is 276. The predicted molar refractivity (Wildman–Crippen MR) is 52.3 cm³/mol. The number of ether oxygens (including phenoxy) is 1. The summed E-state index contributed by atoms with van der Waals surface area (Å²) in [6.07, 6.45) is -4.07. The Hall–Kier alpha value is -0.490. The molecule has 0 aliphatic carbocycles. The lowest BCUT2D eigenvalue weighted by atomic mass is 9.92. The normalized spacial score (nSPS) is 21.5. The number of carbonyl (C=O) groups is 1. The zero-order chi connectivity index (χ0) is 12.6. The van der Waals surface area contributed by atoms with Gasteiger partial charge in [-0.3, -0.25) is 4.79 Å². The summed E-state index contributed by atoms with van der Waals surface area (Å²) in [5.41, 5.74) is -2.22. The van der Waals surface area contributed by atoms with E-state index in [4.69, 9.17) is 11.6 Å². The molecule has 1 amide bonds. The molecule has 0 N–H and O–H groups in total. The van der Waals surface area contributed by atoms with Gasteiger partial charge in [0.25, 0.3) is 0 Å². The molecule has 7 heteroatoms. The van der Waals surface area contributed by atoms with Gasteiger partial charge in [0.05, 0.1) is 13.1 Å². The molecule has 3 nitrogen and oxygen atoms in total. The summed E-state index contributed by atoms with van der Waals surface area (Å²) in [6, 6.07) is 0. The van der Waals surface area contributed by atoms with Gasteiger partial charge in [0.1, 0.15) is 5.38 Å². The third kappa shape index (κ3) is 2.13. The third-order valence-electron chi connectivity index (χ3n) is 2.74. The molecule has 0 bridgehead atoms. The van der Waals surface area contributed by atoms with Crippen LogP contribution in [0.3, 0.4) is 0 Å². The summed E-state index contributed by atoms with van der Waals surface area (Å²) in [5, 5.41) is -0.761. The second-order valence-corrected chi connectivity index (χ2v) is 4.29. The van der Waals surface area contributed by atoms with Gasteiger partial charge in [0.15, 0.2) is 5.60 Å². The van der Waals surface area contributed by atoms with Crippen LogP contribution >= 0.6 is 11.6 Å². The molecule has 0 aromatic heterocycles. The van der Waals surface area contributed by atoms with Crippen molar-refractivity contribution in [1.29, 1.82) is 0 Å². The standard InChI is InChI=1S/C9H13ClF3NO2/c1-3-6(10)7(15)14-4-8(5-14,16-2)9(11,12)13/h6H,3-5H2,1-2H3/t6-/m1/s1. The molecule has 1 atom stereocenters. The van der Waals surface area contributed by atoms with Crippen LogP contribution < -0.4 is 0 Å². The minimum absolute atomic E-state index is 0.392. The van der Waals surface area contributed by atoms with Crippen molar-refractivity contribution in [2.75, 3.05) is 20.2 Å². The fourth-order valence-corrected chi connectivity index (χ4v) is 1.66. The number of nitrogens with zero attached hydrogens (tertiary/aromatic N) is 1. The molecule has 94 valence electrons. The maximum Gasteiger partial charge on any atom is 0.420 e. The van der Waals surface area contributed by atoms with Crippen molar-refractivity contribution in [3.05, 3.63) is 0 Å². The van der Waals surface area contributed by atoms with E-state index in [1.807, 2.05) is 0 Å². The Balaban J connectivity index is 2.62. The van der Waals surface area contributed by atoms with Crippen molar-refractivity contribution in [1.82, 2.24) is 4.90 Å². The molecule has 0 saturated carbocycles. The number of amides is 1. The summed E-state index contributed by atoms with van der Waals surface area (Å²) in [5.74, 6) is -0.471. The van der Waals surface area contributed by atoms with Gasteiger partial charge in [-0.2, -0.15) is 13.2 Å². The van der Waals surface area contributed by atoms with Crippen molar-refractivity contribution in [2.45, 2.75) is 30.5 Å². The van der Waals surface area contributed by atoms with Crippen LogP contribution in [0.5, 0.6) is 0 Å². The number of likely N-dealkylation sites (tertiary alicyclic amines) is 1. The predicted octanol–water partition coefficient (Wildman–Crippen LogP) is 1.79. The lowest BCUT2D eigenvalue weighted by Crippen LogP contribution is -2.71. The van der Waals surface area contributed by atoms with E-state index in [9.17, 15) is 18.0 Å². The molecule has 16 heavy (non-hydrogen) atoms. The number of halogens is 4. The molecule has 1 rings (SSSR count). The molecule has 1 aliphatic heterocycles. The summed E-state index contributed by atoms with van der Waals surface area (Å²) in [7, 11) is 0.993. The van der Waals surface area contributed by atoms with Crippen molar-refractivity contribution in [3.63, 3.8) is 0 Å². The van der Waals surface area contributed by atoms with Gasteiger partial charge in [-0.25, -0.2) is 0 Å². The lowest BCUT2D eigenvalue weighted by Gasteiger charge is -2.49. The molecule has 0 spiro atoms. The molecular formula is C9H13ClF3NO2. The summed E-state index contributed by atoms with van der Waals surface area (Å²) in [4.78, 5) is 12.5. The average Bonchev–Trinajstić information content (AvgIpc) is 2.13. The van der Waals surface area contributed by atoms with Gasteiger partial charge in [-0.1, -0.05) is 6.92 Å². The van der Waals surface area contributed by atoms with Crippen LogP contribution in [0.25, 0.3) is 0 Å². The van der Waals surface area contributed by atoms with Gasteiger partial charge >= 0.3 is 6.18 Å². The van der Waals surface area contributed by atoms with E-state index < -0.39 is 36.2 Å². The van der Waals surface area contributed by atoms with E-state index in [1.54, 1.807) is 6.92 Å². The molecule has 1 saturated heterocycles. The van der Waals surface area contributed by atoms with Crippen LogP contribution in [0.15, 0.2) is 0 Å². The molecular weight excluding hydrogens is 247 g/mol. The van der Waals surface area contributed by atoms with Crippen LogP contribution in [0, 0.1) is 0 Å². The highest BCUT2D eigenvalue weighted by molar-refractivity contribution is 6.30. The Morgan fingerprint density at radius 3 is 2.38 bits per heavy atom. The Labute approximate surface area is 96.5 Å². The number of rotatable bonds is 3. The number of hydrogen-bond acceptors (Lipinski definition) is 2.